The Hall–Kier alpha value is -1.86. The summed E-state index contributed by atoms with van der Waals surface area (Å²) < 4.78 is 10.7. The third-order valence-corrected chi connectivity index (χ3v) is 4.36. The highest BCUT2D eigenvalue weighted by molar-refractivity contribution is 6.34. The van der Waals surface area contributed by atoms with Gasteiger partial charge in [0.25, 0.3) is 0 Å². The monoisotopic (exact) mass is 412 g/mol. The molecule has 2 atom stereocenters. The first-order valence-electron chi connectivity index (χ1n) is 9.36. The Morgan fingerprint density at radius 1 is 1.11 bits per heavy atom. The van der Waals surface area contributed by atoms with Gasteiger partial charge in [-0.05, 0) is 78.4 Å². The second-order valence-corrected chi connectivity index (χ2v) is 9.44. The second kappa shape index (κ2) is 8.25. The molecule has 0 bridgehead atoms. The maximum Gasteiger partial charge on any atom is 0.425 e. The summed E-state index contributed by atoms with van der Waals surface area (Å²) >= 11 is 6.39. The molecule has 1 aliphatic rings. The number of aliphatic hydroxyl groups is 1. The van der Waals surface area contributed by atoms with E-state index in [-0.39, 0.29) is 22.9 Å². The van der Waals surface area contributed by atoms with E-state index in [1.807, 2.05) is 0 Å². The van der Waals surface area contributed by atoms with E-state index in [2.05, 4.69) is 4.98 Å². The summed E-state index contributed by atoms with van der Waals surface area (Å²) in [6.07, 6.45) is 1.61. The van der Waals surface area contributed by atoms with Crippen molar-refractivity contribution in [2.75, 3.05) is 4.90 Å². The van der Waals surface area contributed by atoms with Crippen LogP contribution in [0.3, 0.4) is 0 Å². The van der Waals surface area contributed by atoms with E-state index in [9.17, 15) is 14.7 Å². The maximum atomic E-state index is 12.7. The van der Waals surface area contributed by atoms with Gasteiger partial charge in [-0.2, -0.15) is 4.90 Å². The molecular formula is C20H29ClN2O5. The van der Waals surface area contributed by atoms with Gasteiger partial charge in [0.2, 0.25) is 0 Å². The van der Waals surface area contributed by atoms with Gasteiger partial charge in [-0.15, -0.1) is 0 Å². The van der Waals surface area contributed by atoms with Crippen molar-refractivity contribution in [1.29, 1.82) is 0 Å². The summed E-state index contributed by atoms with van der Waals surface area (Å²) in [7, 11) is 0. The molecule has 2 unspecified atom stereocenters. The van der Waals surface area contributed by atoms with E-state index in [1.54, 1.807) is 53.8 Å². The number of halogens is 1. The number of pyridine rings is 1. The van der Waals surface area contributed by atoms with Gasteiger partial charge in [0.15, 0.2) is 5.82 Å². The van der Waals surface area contributed by atoms with Crippen LogP contribution >= 0.6 is 11.6 Å². The van der Waals surface area contributed by atoms with E-state index in [0.29, 0.717) is 11.3 Å². The quantitative estimate of drug-likeness (QED) is 0.731. The van der Waals surface area contributed by atoms with Gasteiger partial charge in [0, 0.05) is 6.20 Å². The van der Waals surface area contributed by atoms with E-state index < -0.39 is 23.4 Å². The highest BCUT2D eigenvalue weighted by atomic mass is 35.5. The third-order valence-electron chi connectivity index (χ3n) is 4.08. The van der Waals surface area contributed by atoms with Crippen LogP contribution in [-0.2, 0) is 9.47 Å². The first-order valence-corrected chi connectivity index (χ1v) is 9.74. The number of hydrogen-bond donors (Lipinski definition) is 1. The van der Waals surface area contributed by atoms with Crippen LogP contribution in [-0.4, -0.2) is 39.6 Å². The number of aromatic nitrogens is 1. The summed E-state index contributed by atoms with van der Waals surface area (Å²) in [6.45, 7) is 10.2. The molecule has 7 nitrogen and oxygen atoms in total. The van der Waals surface area contributed by atoms with Crippen molar-refractivity contribution in [3.8, 4) is 0 Å². The molecule has 28 heavy (non-hydrogen) atoms. The number of imide groups is 1. The summed E-state index contributed by atoms with van der Waals surface area (Å²) in [5.41, 5.74) is -0.772. The molecule has 0 aliphatic heterocycles. The molecule has 1 aromatic rings. The van der Waals surface area contributed by atoms with Crippen LogP contribution in [0.2, 0.25) is 5.02 Å². The van der Waals surface area contributed by atoms with Gasteiger partial charge >= 0.3 is 12.2 Å². The van der Waals surface area contributed by atoms with Crippen LogP contribution in [0.5, 0.6) is 0 Å². The van der Waals surface area contributed by atoms with Crippen LogP contribution < -0.4 is 4.90 Å². The molecule has 156 valence electrons. The average molecular weight is 413 g/mol. The number of aliphatic hydroxyl groups excluding tert-OH is 1. The molecule has 0 radical (unpaired) electrons. The first-order chi connectivity index (χ1) is 12.8. The Bertz CT molecular complexity index is 711. The van der Waals surface area contributed by atoms with Crippen molar-refractivity contribution in [2.24, 2.45) is 0 Å². The van der Waals surface area contributed by atoms with Crippen LogP contribution in [0, 0.1) is 0 Å². The minimum atomic E-state index is -0.916. The second-order valence-electron chi connectivity index (χ2n) is 9.03. The molecule has 1 aliphatic carbocycles. The zero-order valence-corrected chi connectivity index (χ0v) is 18.0. The molecule has 2 amide bonds. The Labute approximate surface area is 171 Å². The predicted molar refractivity (Wildman–Crippen MR) is 107 cm³/mol. The lowest BCUT2D eigenvalue weighted by Gasteiger charge is -2.28. The molecule has 0 spiro atoms. The van der Waals surface area contributed by atoms with Crippen LogP contribution in [0.4, 0.5) is 15.4 Å². The molecule has 0 aromatic carbocycles. The largest absolute Gasteiger partial charge is 0.443 e. The highest BCUT2D eigenvalue weighted by Crippen LogP contribution is 2.37. The Balaban J connectivity index is 2.36. The molecule has 1 N–H and O–H groups in total. The average Bonchev–Trinajstić information content (AvgIpc) is 2.92. The van der Waals surface area contributed by atoms with Crippen molar-refractivity contribution < 1.29 is 24.2 Å². The van der Waals surface area contributed by atoms with Gasteiger partial charge in [0.1, 0.15) is 11.2 Å². The number of anilines is 1. The number of carbonyl (C=O) groups excluding carboxylic acids is 2. The lowest BCUT2D eigenvalue weighted by atomic mass is 9.99. The Morgan fingerprint density at radius 3 is 2.04 bits per heavy atom. The minimum absolute atomic E-state index is 0.0486. The van der Waals surface area contributed by atoms with Crippen molar-refractivity contribution in [3.05, 3.63) is 22.8 Å². The van der Waals surface area contributed by atoms with Crippen LogP contribution in [0.15, 0.2) is 12.3 Å². The summed E-state index contributed by atoms with van der Waals surface area (Å²) in [5, 5.41) is 9.89. The Kier molecular flexibility index (Phi) is 6.61. The summed E-state index contributed by atoms with van der Waals surface area (Å²) in [5.74, 6) is 0.0954. The standard InChI is InChI=1S/C20H29ClN2O5/c1-19(2,3)27-17(25)23(18(26)28-20(4,5)6)16-15(21)10-13(11-22-16)12-7-8-14(24)9-12/h10-12,14,24H,7-9H2,1-6H3. The molecular weight excluding hydrogens is 384 g/mol. The fraction of sp³-hybridized carbons (Fsp3) is 0.650. The van der Waals surface area contributed by atoms with Gasteiger partial charge < -0.3 is 14.6 Å². The smallest absolute Gasteiger partial charge is 0.425 e. The molecule has 1 aromatic heterocycles. The third kappa shape index (κ3) is 6.07. The number of carbonyl (C=O) groups is 2. The lowest BCUT2D eigenvalue weighted by molar-refractivity contribution is 0.0429. The highest BCUT2D eigenvalue weighted by Gasteiger charge is 2.35. The zero-order valence-electron chi connectivity index (χ0n) is 17.3. The maximum absolute atomic E-state index is 12.7. The van der Waals surface area contributed by atoms with Crippen molar-refractivity contribution in [2.45, 2.75) is 84.0 Å². The van der Waals surface area contributed by atoms with E-state index in [0.717, 1.165) is 18.4 Å². The number of rotatable bonds is 2. The van der Waals surface area contributed by atoms with E-state index >= 15 is 0 Å². The van der Waals surface area contributed by atoms with Crippen LogP contribution in [0.25, 0.3) is 0 Å². The normalized spacial score (nSPS) is 20.0. The number of nitrogens with zero attached hydrogens (tertiary/aromatic N) is 2. The molecule has 1 saturated carbocycles. The van der Waals surface area contributed by atoms with Gasteiger partial charge in [-0.1, -0.05) is 11.6 Å². The number of amides is 2. The van der Waals surface area contributed by atoms with Gasteiger partial charge in [-0.25, -0.2) is 14.6 Å². The zero-order chi connectivity index (χ0) is 21.3. The number of hydrogen-bond acceptors (Lipinski definition) is 6. The molecule has 1 fully saturated rings. The summed E-state index contributed by atoms with van der Waals surface area (Å²) in [4.78, 5) is 30.4. The summed E-state index contributed by atoms with van der Waals surface area (Å²) in [6, 6.07) is 1.67. The first kappa shape index (κ1) is 22.4. The topological polar surface area (TPSA) is 89.0 Å². The molecule has 8 heteroatoms. The molecule has 2 rings (SSSR count). The molecule has 1 heterocycles. The van der Waals surface area contributed by atoms with Crippen LogP contribution in [0.1, 0.15) is 72.3 Å². The van der Waals surface area contributed by atoms with Crippen molar-refractivity contribution >= 4 is 29.6 Å². The SMILES string of the molecule is CC(C)(C)OC(=O)N(C(=O)OC(C)(C)C)c1ncc(C2CCC(O)C2)cc1Cl. The van der Waals surface area contributed by atoms with E-state index in [4.69, 9.17) is 21.1 Å². The molecule has 0 saturated heterocycles. The van der Waals surface area contributed by atoms with E-state index in [1.165, 1.54) is 0 Å². The van der Waals surface area contributed by atoms with Gasteiger partial charge in [0.05, 0.1) is 11.1 Å². The van der Waals surface area contributed by atoms with Crippen molar-refractivity contribution in [3.63, 3.8) is 0 Å². The minimum Gasteiger partial charge on any atom is -0.443 e. The Morgan fingerprint density at radius 2 is 1.64 bits per heavy atom. The fourth-order valence-electron chi connectivity index (χ4n) is 2.96. The predicted octanol–water partition coefficient (Wildman–Crippen LogP) is 5.04. The van der Waals surface area contributed by atoms with Crippen molar-refractivity contribution in [1.82, 2.24) is 4.98 Å². The van der Waals surface area contributed by atoms with Gasteiger partial charge in [-0.3, -0.25) is 0 Å². The lowest BCUT2D eigenvalue weighted by Crippen LogP contribution is -2.44. The number of ether oxygens (including phenoxy) is 2. The fourth-order valence-corrected chi connectivity index (χ4v) is 3.22.